The Bertz CT molecular complexity index is 641. The van der Waals surface area contributed by atoms with Crippen molar-refractivity contribution in [3.05, 3.63) is 65.2 Å². The van der Waals surface area contributed by atoms with Crippen LogP contribution < -0.4 is 10.5 Å². The van der Waals surface area contributed by atoms with Crippen molar-refractivity contribution in [2.75, 3.05) is 26.7 Å². The SMILES string of the molecule is COc1cc(CN2C[C@@H](CN)[C@H](c3ccccc3)C2)ccc1C. The van der Waals surface area contributed by atoms with Crippen LogP contribution in [0.3, 0.4) is 0 Å². The molecule has 0 bridgehead atoms. The maximum Gasteiger partial charge on any atom is 0.122 e. The zero-order chi connectivity index (χ0) is 16.2. The number of hydrogen-bond acceptors (Lipinski definition) is 3. The zero-order valence-corrected chi connectivity index (χ0v) is 14.0. The largest absolute Gasteiger partial charge is 0.496 e. The molecule has 2 atom stereocenters. The lowest BCUT2D eigenvalue weighted by Gasteiger charge is -2.17. The van der Waals surface area contributed by atoms with Crippen molar-refractivity contribution in [2.24, 2.45) is 11.7 Å². The molecule has 3 heteroatoms. The van der Waals surface area contributed by atoms with Crippen LogP contribution >= 0.6 is 0 Å². The minimum atomic E-state index is 0.532. The van der Waals surface area contributed by atoms with Crippen LogP contribution in [-0.2, 0) is 6.54 Å². The van der Waals surface area contributed by atoms with Crippen molar-refractivity contribution in [1.82, 2.24) is 4.90 Å². The van der Waals surface area contributed by atoms with Gasteiger partial charge in [0, 0.05) is 25.6 Å². The zero-order valence-electron chi connectivity index (χ0n) is 14.0. The molecule has 122 valence electrons. The number of nitrogens with zero attached hydrogens (tertiary/aromatic N) is 1. The summed E-state index contributed by atoms with van der Waals surface area (Å²) >= 11 is 0. The lowest BCUT2D eigenvalue weighted by molar-refractivity contribution is 0.316. The molecule has 0 unspecified atom stereocenters. The molecule has 23 heavy (non-hydrogen) atoms. The lowest BCUT2D eigenvalue weighted by Crippen LogP contribution is -2.23. The van der Waals surface area contributed by atoms with E-state index in [1.807, 2.05) is 0 Å². The number of methoxy groups -OCH3 is 1. The van der Waals surface area contributed by atoms with E-state index in [4.69, 9.17) is 10.5 Å². The van der Waals surface area contributed by atoms with Crippen LogP contribution in [0.1, 0.15) is 22.6 Å². The highest BCUT2D eigenvalue weighted by molar-refractivity contribution is 5.36. The molecule has 1 aliphatic heterocycles. The molecule has 0 aliphatic carbocycles. The van der Waals surface area contributed by atoms with Gasteiger partial charge in [0.1, 0.15) is 5.75 Å². The van der Waals surface area contributed by atoms with Gasteiger partial charge in [0.2, 0.25) is 0 Å². The van der Waals surface area contributed by atoms with E-state index in [1.54, 1.807) is 7.11 Å². The van der Waals surface area contributed by atoms with E-state index < -0.39 is 0 Å². The maximum atomic E-state index is 6.04. The minimum Gasteiger partial charge on any atom is -0.496 e. The minimum absolute atomic E-state index is 0.532. The fraction of sp³-hybridized carbons (Fsp3) is 0.400. The van der Waals surface area contributed by atoms with Crippen molar-refractivity contribution >= 4 is 0 Å². The highest BCUT2D eigenvalue weighted by atomic mass is 16.5. The predicted octanol–water partition coefficient (Wildman–Crippen LogP) is 3.18. The van der Waals surface area contributed by atoms with Gasteiger partial charge in [-0.15, -0.1) is 0 Å². The Kier molecular flexibility index (Phi) is 4.99. The van der Waals surface area contributed by atoms with Gasteiger partial charge in [-0.1, -0.05) is 42.5 Å². The smallest absolute Gasteiger partial charge is 0.122 e. The fourth-order valence-corrected chi connectivity index (χ4v) is 3.63. The van der Waals surface area contributed by atoms with Crippen molar-refractivity contribution in [3.63, 3.8) is 0 Å². The van der Waals surface area contributed by atoms with Crippen LogP contribution in [-0.4, -0.2) is 31.6 Å². The van der Waals surface area contributed by atoms with E-state index in [0.29, 0.717) is 11.8 Å². The highest BCUT2D eigenvalue weighted by Gasteiger charge is 2.32. The first-order valence-electron chi connectivity index (χ1n) is 8.32. The van der Waals surface area contributed by atoms with E-state index in [2.05, 4.69) is 60.4 Å². The fourth-order valence-electron chi connectivity index (χ4n) is 3.63. The lowest BCUT2D eigenvalue weighted by atomic mass is 9.89. The molecule has 3 nitrogen and oxygen atoms in total. The Labute approximate surface area is 139 Å². The third-order valence-electron chi connectivity index (χ3n) is 4.93. The summed E-state index contributed by atoms with van der Waals surface area (Å²) in [5, 5.41) is 0. The molecule has 3 rings (SSSR count). The van der Waals surface area contributed by atoms with Gasteiger partial charge >= 0.3 is 0 Å². The second kappa shape index (κ2) is 7.16. The Hall–Kier alpha value is -1.84. The Morgan fingerprint density at radius 3 is 2.61 bits per heavy atom. The predicted molar refractivity (Wildman–Crippen MR) is 94.7 cm³/mol. The van der Waals surface area contributed by atoms with Gasteiger partial charge in [-0.3, -0.25) is 4.90 Å². The Balaban J connectivity index is 1.73. The van der Waals surface area contributed by atoms with Gasteiger partial charge in [-0.2, -0.15) is 0 Å². The Morgan fingerprint density at radius 1 is 1.13 bits per heavy atom. The first kappa shape index (κ1) is 16.0. The molecular weight excluding hydrogens is 284 g/mol. The van der Waals surface area contributed by atoms with E-state index in [1.165, 1.54) is 16.7 Å². The standard InChI is InChI=1S/C20H26N2O/c1-15-8-9-16(10-20(15)23-2)12-22-13-18(11-21)19(14-22)17-6-4-3-5-7-17/h3-10,18-19H,11-14,21H2,1-2H3/t18-,19+/m1/s1. The number of nitrogens with two attached hydrogens (primary N) is 1. The van der Waals surface area contributed by atoms with Crippen LogP contribution in [0.25, 0.3) is 0 Å². The number of hydrogen-bond donors (Lipinski definition) is 1. The van der Waals surface area contributed by atoms with E-state index in [-0.39, 0.29) is 0 Å². The summed E-state index contributed by atoms with van der Waals surface area (Å²) in [5.74, 6) is 2.04. The third-order valence-corrected chi connectivity index (χ3v) is 4.93. The molecule has 1 saturated heterocycles. The van der Waals surface area contributed by atoms with E-state index in [9.17, 15) is 0 Å². The summed E-state index contributed by atoms with van der Waals surface area (Å²) in [5.41, 5.74) is 9.93. The summed E-state index contributed by atoms with van der Waals surface area (Å²) < 4.78 is 5.44. The molecular formula is C20H26N2O. The summed E-state index contributed by atoms with van der Waals surface area (Å²) in [7, 11) is 1.73. The number of aryl methyl sites for hydroxylation is 1. The summed E-state index contributed by atoms with van der Waals surface area (Å²) in [6.45, 7) is 5.91. The Morgan fingerprint density at radius 2 is 1.91 bits per heavy atom. The molecule has 1 aliphatic rings. The third kappa shape index (κ3) is 3.57. The molecule has 0 saturated carbocycles. The van der Waals surface area contributed by atoms with Gasteiger partial charge in [0.05, 0.1) is 7.11 Å². The van der Waals surface area contributed by atoms with Crippen LogP contribution in [0.2, 0.25) is 0 Å². The van der Waals surface area contributed by atoms with Gasteiger partial charge in [-0.05, 0) is 42.1 Å². The molecule has 0 radical (unpaired) electrons. The summed E-state index contributed by atoms with van der Waals surface area (Å²) in [6, 6.07) is 17.3. The summed E-state index contributed by atoms with van der Waals surface area (Å²) in [4.78, 5) is 2.51. The molecule has 0 amide bonds. The van der Waals surface area contributed by atoms with E-state index in [0.717, 1.165) is 31.9 Å². The second-order valence-electron chi connectivity index (χ2n) is 6.51. The molecule has 2 aromatic rings. The van der Waals surface area contributed by atoms with Crippen LogP contribution in [0.15, 0.2) is 48.5 Å². The normalized spacial score (nSPS) is 21.5. The van der Waals surface area contributed by atoms with E-state index >= 15 is 0 Å². The van der Waals surface area contributed by atoms with Crippen LogP contribution in [0.4, 0.5) is 0 Å². The van der Waals surface area contributed by atoms with Gasteiger partial charge in [0.15, 0.2) is 0 Å². The van der Waals surface area contributed by atoms with Gasteiger partial charge < -0.3 is 10.5 Å². The maximum absolute atomic E-state index is 6.04. The molecule has 1 heterocycles. The first-order valence-corrected chi connectivity index (χ1v) is 8.32. The van der Waals surface area contributed by atoms with Crippen molar-refractivity contribution in [3.8, 4) is 5.75 Å². The number of ether oxygens (including phenoxy) is 1. The van der Waals surface area contributed by atoms with Gasteiger partial charge in [-0.25, -0.2) is 0 Å². The second-order valence-corrected chi connectivity index (χ2v) is 6.51. The quantitative estimate of drug-likeness (QED) is 0.922. The molecule has 2 N–H and O–H groups in total. The highest BCUT2D eigenvalue weighted by Crippen LogP contribution is 2.33. The number of benzene rings is 2. The van der Waals surface area contributed by atoms with Crippen molar-refractivity contribution in [1.29, 1.82) is 0 Å². The average Bonchev–Trinajstić information content (AvgIpc) is 3.00. The molecule has 0 spiro atoms. The number of likely N-dealkylation sites (tertiary alicyclic amines) is 1. The van der Waals surface area contributed by atoms with Crippen molar-refractivity contribution < 1.29 is 4.74 Å². The molecule has 0 aromatic heterocycles. The monoisotopic (exact) mass is 310 g/mol. The first-order chi connectivity index (χ1) is 11.2. The van der Waals surface area contributed by atoms with Gasteiger partial charge in [0.25, 0.3) is 0 Å². The molecule has 2 aromatic carbocycles. The topological polar surface area (TPSA) is 38.5 Å². The van der Waals surface area contributed by atoms with Crippen LogP contribution in [0, 0.1) is 12.8 Å². The van der Waals surface area contributed by atoms with Crippen LogP contribution in [0.5, 0.6) is 5.75 Å². The number of rotatable bonds is 5. The summed E-state index contributed by atoms with van der Waals surface area (Å²) in [6.07, 6.45) is 0. The average molecular weight is 310 g/mol. The molecule has 1 fully saturated rings. The van der Waals surface area contributed by atoms with Crippen molar-refractivity contribution in [2.45, 2.75) is 19.4 Å².